The van der Waals surface area contributed by atoms with Gasteiger partial charge in [-0.1, -0.05) is 47.7 Å². The number of aliphatic hydroxyl groups is 1. The first-order valence-corrected chi connectivity index (χ1v) is 12.5. The van der Waals surface area contributed by atoms with Gasteiger partial charge in [-0.05, 0) is 48.7 Å². The van der Waals surface area contributed by atoms with Gasteiger partial charge in [0.25, 0.3) is 11.6 Å². The lowest BCUT2D eigenvalue weighted by Gasteiger charge is -2.24. The summed E-state index contributed by atoms with van der Waals surface area (Å²) in [6.07, 6.45) is 0. The van der Waals surface area contributed by atoms with Crippen LogP contribution in [0.3, 0.4) is 0 Å². The predicted octanol–water partition coefficient (Wildman–Crippen LogP) is 6.35. The van der Waals surface area contributed by atoms with Crippen molar-refractivity contribution in [2.24, 2.45) is 0 Å². The zero-order valence-corrected chi connectivity index (χ0v) is 21.0. The first-order valence-electron chi connectivity index (χ1n) is 11.6. The molecule has 0 saturated carbocycles. The van der Waals surface area contributed by atoms with E-state index >= 15 is 0 Å². The highest BCUT2D eigenvalue weighted by Gasteiger charge is 2.47. The largest absolute Gasteiger partial charge is 0.503 e. The van der Waals surface area contributed by atoms with E-state index in [2.05, 4.69) is 4.98 Å². The van der Waals surface area contributed by atoms with Gasteiger partial charge in [0.15, 0.2) is 16.7 Å². The second-order valence-corrected chi connectivity index (χ2v) is 10.1. The molecule has 0 saturated heterocycles. The number of para-hydroxylation sites is 1. The number of anilines is 1. The van der Waals surface area contributed by atoms with Gasteiger partial charge in [0, 0.05) is 17.5 Å². The van der Waals surface area contributed by atoms with Crippen molar-refractivity contribution >= 4 is 55.0 Å². The Hall–Kier alpha value is -4.83. The minimum absolute atomic E-state index is 0.0615. The Morgan fingerprint density at radius 3 is 2.66 bits per heavy atom. The molecule has 0 fully saturated rings. The number of ketones is 1. The van der Waals surface area contributed by atoms with Gasteiger partial charge >= 0.3 is 0 Å². The van der Waals surface area contributed by atoms with Crippen LogP contribution in [0.2, 0.25) is 0 Å². The molecule has 1 aliphatic rings. The molecule has 10 heteroatoms. The minimum Gasteiger partial charge on any atom is -0.503 e. The number of carbonyl (C=O) groups excluding carboxylic acids is 2. The quantitative estimate of drug-likeness (QED) is 0.161. The Kier molecular flexibility index (Phi) is 5.35. The monoisotopic (exact) mass is 525 g/mol. The van der Waals surface area contributed by atoms with E-state index in [1.54, 1.807) is 36.4 Å². The molecule has 38 heavy (non-hydrogen) atoms. The molecule has 0 radical (unpaired) electrons. The van der Waals surface area contributed by atoms with Crippen LogP contribution in [0.5, 0.6) is 0 Å². The number of hydrogen-bond donors (Lipinski definition) is 1. The van der Waals surface area contributed by atoms with Crippen LogP contribution in [-0.4, -0.2) is 26.7 Å². The Labute approximate surface area is 219 Å². The van der Waals surface area contributed by atoms with Crippen LogP contribution >= 0.6 is 11.3 Å². The van der Waals surface area contributed by atoms with Crippen LogP contribution in [0, 0.1) is 24.0 Å². The molecule has 1 amide bonds. The molecule has 1 N–H and O–H groups in total. The van der Waals surface area contributed by atoms with Crippen molar-refractivity contribution in [3.05, 3.63) is 111 Å². The van der Waals surface area contributed by atoms with E-state index in [1.807, 2.05) is 26.0 Å². The number of aromatic nitrogens is 1. The number of nitro groups is 1. The maximum absolute atomic E-state index is 13.8. The van der Waals surface area contributed by atoms with Gasteiger partial charge in [0.1, 0.15) is 5.58 Å². The highest BCUT2D eigenvalue weighted by Crippen LogP contribution is 2.45. The van der Waals surface area contributed by atoms with E-state index in [0.29, 0.717) is 16.5 Å². The van der Waals surface area contributed by atoms with Crippen molar-refractivity contribution in [3.63, 3.8) is 0 Å². The number of hydrogen-bond acceptors (Lipinski definition) is 8. The topological polar surface area (TPSA) is 127 Å². The van der Waals surface area contributed by atoms with Gasteiger partial charge in [-0.3, -0.25) is 24.6 Å². The lowest BCUT2D eigenvalue weighted by molar-refractivity contribution is -0.384. The third kappa shape index (κ3) is 3.65. The number of aryl methyl sites for hydroxylation is 2. The molecular weight excluding hydrogens is 506 g/mol. The minimum atomic E-state index is -1.16. The Balaban J connectivity index is 1.54. The predicted molar refractivity (Wildman–Crippen MR) is 143 cm³/mol. The fraction of sp³-hybridized carbons (Fsp3) is 0.107. The van der Waals surface area contributed by atoms with Gasteiger partial charge in [0.05, 0.1) is 26.8 Å². The van der Waals surface area contributed by atoms with Gasteiger partial charge in [-0.25, -0.2) is 4.98 Å². The molecule has 1 atom stereocenters. The summed E-state index contributed by atoms with van der Waals surface area (Å²) in [5.74, 6) is -2.33. The van der Waals surface area contributed by atoms with Crippen LogP contribution in [0.1, 0.15) is 33.3 Å². The summed E-state index contributed by atoms with van der Waals surface area (Å²) < 4.78 is 6.58. The number of fused-ring (bicyclic) bond motifs is 2. The molecule has 1 unspecified atom stereocenters. The van der Waals surface area contributed by atoms with Crippen molar-refractivity contribution < 1.29 is 24.0 Å². The molecule has 5 aromatic rings. The molecule has 0 aliphatic carbocycles. The second-order valence-electron chi connectivity index (χ2n) is 9.09. The third-order valence-electron chi connectivity index (χ3n) is 6.52. The molecule has 1 aliphatic heterocycles. The molecule has 3 heterocycles. The summed E-state index contributed by atoms with van der Waals surface area (Å²) in [4.78, 5) is 44.2. The van der Waals surface area contributed by atoms with Crippen molar-refractivity contribution in [1.29, 1.82) is 0 Å². The lowest BCUT2D eigenvalue weighted by Crippen LogP contribution is -2.31. The summed E-state index contributed by atoms with van der Waals surface area (Å²) >= 11 is 1.24. The highest BCUT2D eigenvalue weighted by molar-refractivity contribution is 7.22. The van der Waals surface area contributed by atoms with E-state index in [1.165, 1.54) is 34.4 Å². The smallest absolute Gasteiger partial charge is 0.296 e. The Morgan fingerprint density at radius 2 is 1.89 bits per heavy atom. The Morgan fingerprint density at radius 1 is 1.11 bits per heavy atom. The molecular formula is C28H19N3O6S. The van der Waals surface area contributed by atoms with Crippen molar-refractivity contribution in [1.82, 2.24) is 4.98 Å². The number of Topliss-reactive ketones (excluding diaryl/α,β-unsaturated/α-hetero) is 1. The zero-order valence-electron chi connectivity index (χ0n) is 20.2. The normalized spacial score (nSPS) is 15.7. The number of furan rings is 1. The van der Waals surface area contributed by atoms with Crippen LogP contribution < -0.4 is 4.90 Å². The molecule has 2 aromatic heterocycles. The molecule has 188 valence electrons. The van der Waals surface area contributed by atoms with Crippen LogP contribution in [0.25, 0.3) is 21.2 Å². The van der Waals surface area contributed by atoms with Gasteiger partial charge in [-0.15, -0.1) is 0 Å². The van der Waals surface area contributed by atoms with Gasteiger partial charge < -0.3 is 9.52 Å². The van der Waals surface area contributed by atoms with Gasteiger partial charge in [0.2, 0.25) is 5.78 Å². The molecule has 9 nitrogen and oxygen atoms in total. The summed E-state index contributed by atoms with van der Waals surface area (Å²) in [6.45, 7) is 3.87. The van der Waals surface area contributed by atoms with Crippen molar-refractivity contribution in [3.8, 4) is 0 Å². The Bertz CT molecular complexity index is 1820. The lowest BCUT2D eigenvalue weighted by atomic mass is 9.95. The standard InChI is InChI=1S/C28H19N3O6S/c1-14-10-15(2)23-21(11-14)38-28(29-23)30-24(17-7-5-8-18(12-17)31(35)36)22(26(33)27(30)34)25(32)20-13-16-6-3-4-9-19(16)37-20/h3-13,24,33H,1-2H3. The van der Waals surface area contributed by atoms with Gasteiger partial charge in [-0.2, -0.15) is 0 Å². The summed E-state index contributed by atoms with van der Waals surface area (Å²) in [6, 6.07) is 17.0. The summed E-state index contributed by atoms with van der Waals surface area (Å²) in [7, 11) is 0. The number of carbonyl (C=O) groups is 2. The van der Waals surface area contributed by atoms with Crippen LogP contribution in [0.15, 0.2) is 82.5 Å². The molecule has 0 spiro atoms. The zero-order chi connectivity index (χ0) is 26.7. The number of rotatable bonds is 5. The van der Waals surface area contributed by atoms with E-state index in [9.17, 15) is 24.8 Å². The number of aliphatic hydroxyl groups excluding tert-OH is 1. The fourth-order valence-electron chi connectivity index (χ4n) is 4.85. The van der Waals surface area contributed by atoms with Crippen molar-refractivity contribution in [2.75, 3.05) is 4.90 Å². The van der Waals surface area contributed by atoms with Crippen LogP contribution in [-0.2, 0) is 4.79 Å². The van der Waals surface area contributed by atoms with Crippen LogP contribution in [0.4, 0.5) is 10.8 Å². The summed E-state index contributed by atoms with van der Waals surface area (Å²) in [5.41, 5.74) is 2.93. The fourth-order valence-corrected chi connectivity index (χ4v) is 6.02. The second kappa shape index (κ2) is 8.63. The highest BCUT2D eigenvalue weighted by atomic mass is 32.1. The number of thiazole rings is 1. The van der Waals surface area contributed by atoms with E-state index < -0.39 is 28.4 Å². The molecule has 6 rings (SSSR count). The first-order chi connectivity index (χ1) is 18.2. The maximum atomic E-state index is 13.8. The number of nitro benzene ring substituents is 1. The van der Waals surface area contributed by atoms with Crippen molar-refractivity contribution in [2.45, 2.75) is 19.9 Å². The molecule has 0 bridgehead atoms. The van der Waals surface area contributed by atoms with E-state index in [-0.39, 0.29) is 27.7 Å². The average Bonchev–Trinajstić information content (AvgIpc) is 3.58. The van der Waals surface area contributed by atoms with E-state index in [4.69, 9.17) is 4.42 Å². The third-order valence-corrected chi connectivity index (χ3v) is 7.53. The average molecular weight is 526 g/mol. The number of amides is 1. The molecule has 3 aromatic carbocycles. The number of non-ortho nitro benzene ring substituents is 1. The number of benzene rings is 3. The maximum Gasteiger partial charge on any atom is 0.296 e. The van der Waals surface area contributed by atoms with E-state index in [0.717, 1.165) is 15.8 Å². The SMILES string of the molecule is Cc1cc(C)c2nc(N3C(=O)C(O)=C(C(=O)c4cc5ccccc5o4)C3c3cccc([N+](=O)[O-])c3)sc2c1. The summed E-state index contributed by atoms with van der Waals surface area (Å²) in [5, 5.41) is 23.5. The number of nitrogens with zero attached hydrogens (tertiary/aromatic N) is 3. The first kappa shape index (κ1) is 23.6.